The molecule has 5 rings (SSSR count). The van der Waals surface area contributed by atoms with E-state index in [1.165, 1.54) is 18.4 Å². The molecule has 33 heavy (non-hydrogen) atoms. The number of halogens is 1. The number of nitrogens with zero attached hydrogens (tertiary/aromatic N) is 1. The molecule has 5 heteroatoms. The number of hydrogen-bond acceptors (Lipinski definition) is 4. The van der Waals surface area contributed by atoms with Crippen molar-refractivity contribution in [1.82, 2.24) is 0 Å². The van der Waals surface area contributed by atoms with E-state index in [2.05, 4.69) is 6.07 Å². The van der Waals surface area contributed by atoms with E-state index in [0.717, 1.165) is 35.4 Å². The Hall–Kier alpha value is -3.11. The van der Waals surface area contributed by atoms with Gasteiger partial charge >= 0.3 is 0 Å². The van der Waals surface area contributed by atoms with Crippen LogP contribution in [0, 0.1) is 0 Å². The van der Waals surface area contributed by atoms with Crippen molar-refractivity contribution in [2.75, 3.05) is 14.2 Å². The minimum Gasteiger partial charge on any atom is -0.493 e. The molecule has 0 amide bonds. The van der Waals surface area contributed by atoms with E-state index in [1.807, 2.05) is 30.3 Å². The largest absolute Gasteiger partial charge is 0.493 e. The molecule has 0 unspecified atom stereocenters. The Balaban J connectivity index is 1.54. The fraction of sp³-hybridized carbons (Fsp3) is 0.286. The van der Waals surface area contributed by atoms with Crippen molar-refractivity contribution in [3.8, 4) is 11.5 Å². The summed E-state index contributed by atoms with van der Waals surface area (Å²) in [5.74, 6) is 1.84. The first-order valence-electron chi connectivity index (χ1n) is 11.3. The van der Waals surface area contributed by atoms with Crippen molar-refractivity contribution in [2.45, 2.75) is 37.6 Å². The van der Waals surface area contributed by atoms with Gasteiger partial charge in [0.1, 0.15) is 0 Å². The maximum Gasteiger partial charge on any atom is 0.193 e. The second-order valence-corrected chi connectivity index (χ2v) is 9.08. The monoisotopic (exact) mass is 459 g/mol. The maximum atomic E-state index is 12.9. The molecule has 1 heterocycles. The lowest BCUT2D eigenvalue weighted by atomic mass is 9.75. The molecule has 4 nitrogen and oxygen atoms in total. The van der Waals surface area contributed by atoms with Crippen LogP contribution < -0.4 is 9.47 Å². The van der Waals surface area contributed by atoms with E-state index in [4.69, 9.17) is 26.1 Å². The van der Waals surface area contributed by atoms with Crippen molar-refractivity contribution in [3.05, 3.63) is 93.5 Å². The van der Waals surface area contributed by atoms with Crippen molar-refractivity contribution in [3.63, 3.8) is 0 Å². The van der Waals surface area contributed by atoms with E-state index in [9.17, 15) is 4.79 Å². The Kier molecular flexibility index (Phi) is 5.94. The number of rotatable bonds is 5. The van der Waals surface area contributed by atoms with Crippen LogP contribution in [0.3, 0.4) is 0 Å². The van der Waals surface area contributed by atoms with Crippen LogP contribution in [0.5, 0.6) is 11.5 Å². The average molecular weight is 460 g/mol. The topological polar surface area (TPSA) is 47.9 Å². The molecule has 168 valence electrons. The number of carbonyl (C=O) groups is 1. The van der Waals surface area contributed by atoms with Gasteiger partial charge in [0.2, 0.25) is 0 Å². The zero-order chi connectivity index (χ0) is 22.9. The van der Waals surface area contributed by atoms with Gasteiger partial charge in [-0.1, -0.05) is 48.7 Å². The van der Waals surface area contributed by atoms with Crippen LogP contribution in [-0.4, -0.2) is 31.8 Å². The quantitative estimate of drug-likeness (QED) is 0.411. The summed E-state index contributed by atoms with van der Waals surface area (Å²) < 4.78 is 11.2. The smallest absolute Gasteiger partial charge is 0.193 e. The summed E-state index contributed by atoms with van der Waals surface area (Å²) >= 11 is 5.96. The molecular weight excluding hydrogens is 434 g/mol. The zero-order valence-corrected chi connectivity index (χ0v) is 19.6. The van der Waals surface area contributed by atoms with E-state index in [0.29, 0.717) is 27.8 Å². The van der Waals surface area contributed by atoms with Crippen molar-refractivity contribution in [1.29, 1.82) is 0 Å². The van der Waals surface area contributed by atoms with E-state index < -0.39 is 0 Å². The highest BCUT2D eigenvalue weighted by molar-refractivity contribution is 6.30. The number of fused-ring (bicyclic) bond motifs is 3. The Labute approximate surface area is 199 Å². The van der Waals surface area contributed by atoms with Gasteiger partial charge < -0.3 is 9.47 Å². The standard InChI is InChI=1S/C28H26ClNO3/c1-32-25-15-22-21-5-3-4-6-24(21)30-27(23(22)16-26(25)33-2)17-7-9-18(10-8-17)28(31)19-11-13-20(29)14-12-19/h7-16,21,24H,3-6H2,1-2H3/t21-,24-/m1/s1. The lowest BCUT2D eigenvalue weighted by Gasteiger charge is -2.35. The van der Waals surface area contributed by atoms with Crippen molar-refractivity contribution in [2.24, 2.45) is 4.99 Å². The fourth-order valence-corrected chi connectivity index (χ4v) is 5.17. The van der Waals surface area contributed by atoms with Gasteiger partial charge in [-0.3, -0.25) is 9.79 Å². The van der Waals surface area contributed by atoms with E-state index >= 15 is 0 Å². The van der Waals surface area contributed by atoms with Gasteiger partial charge in [-0.2, -0.15) is 0 Å². The van der Waals surface area contributed by atoms with Gasteiger partial charge in [-0.15, -0.1) is 0 Å². The molecule has 3 aromatic rings. The second kappa shape index (κ2) is 9.03. The Morgan fingerprint density at radius 2 is 1.48 bits per heavy atom. The lowest BCUT2D eigenvalue weighted by molar-refractivity contribution is 0.103. The predicted octanol–water partition coefficient (Wildman–Crippen LogP) is 6.47. The molecule has 2 aliphatic rings. The minimum absolute atomic E-state index is 0.0250. The summed E-state index contributed by atoms with van der Waals surface area (Å²) in [6.07, 6.45) is 4.66. The number of methoxy groups -OCH3 is 2. The summed E-state index contributed by atoms with van der Waals surface area (Å²) in [5, 5.41) is 0.615. The summed E-state index contributed by atoms with van der Waals surface area (Å²) in [5.41, 5.74) is 5.59. The Bertz CT molecular complexity index is 1220. The first-order valence-corrected chi connectivity index (χ1v) is 11.7. The highest BCUT2D eigenvalue weighted by atomic mass is 35.5. The number of ketones is 1. The van der Waals surface area contributed by atoms with Crippen LogP contribution >= 0.6 is 11.6 Å². The number of aliphatic imine (C=N–C) groups is 1. The molecule has 1 aliphatic heterocycles. The molecule has 0 N–H and O–H groups in total. The van der Waals surface area contributed by atoms with Crippen molar-refractivity contribution < 1.29 is 14.3 Å². The minimum atomic E-state index is -0.0250. The van der Waals surface area contributed by atoms with Gasteiger partial charge in [0.25, 0.3) is 0 Å². The Morgan fingerprint density at radius 1 is 0.879 bits per heavy atom. The van der Waals surface area contributed by atoms with Gasteiger partial charge in [-0.05, 0) is 54.8 Å². The molecule has 1 aliphatic carbocycles. The van der Waals surface area contributed by atoms with Crippen molar-refractivity contribution >= 4 is 23.1 Å². The molecule has 1 fully saturated rings. The van der Waals surface area contributed by atoms with Crippen LogP contribution in [0.2, 0.25) is 5.02 Å². The van der Waals surface area contributed by atoms with Gasteiger partial charge in [-0.25, -0.2) is 0 Å². The van der Waals surface area contributed by atoms with Gasteiger partial charge in [0.15, 0.2) is 17.3 Å². The summed E-state index contributed by atoms with van der Waals surface area (Å²) in [7, 11) is 3.33. The highest BCUT2D eigenvalue weighted by Gasteiger charge is 2.34. The van der Waals surface area contributed by atoms with Crippen LogP contribution in [0.1, 0.15) is 64.2 Å². The fourth-order valence-electron chi connectivity index (χ4n) is 5.05. The number of hydrogen-bond donors (Lipinski definition) is 0. The SMILES string of the molecule is COc1cc2c(cc1OC)[C@H]1CCCC[C@H]1N=C2c1ccc(C(=O)c2ccc(Cl)cc2)cc1. The van der Waals surface area contributed by atoms with Gasteiger partial charge in [0, 0.05) is 33.2 Å². The molecule has 2 atom stereocenters. The normalized spacial score (nSPS) is 19.2. The lowest BCUT2D eigenvalue weighted by Crippen LogP contribution is -2.29. The molecule has 0 aromatic heterocycles. The number of benzene rings is 3. The number of ether oxygens (including phenoxy) is 2. The van der Waals surface area contributed by atoms with Crippen LogP contribution in [0.25, 0.3) is 0 Å². The molecule has 0 radical (unpaired) electrons. The van der Waals surface area contributed by atoms with Crippen LogP contribution in [-0.2, 0) is 0 Å². The summed E-state index contributed by atoms with van der Waals surface area (Å²) in [6.45, 7) is 0. The third-order valence-corrected chi connectivity index (χ3v) is 7.01. The summed E-state index contributed by atoms with van der Waals surface area (Å²) in [6, 6.07) is 19.2. The second-order valence-electron chi connectivity index (χ2n) is 8.64. The molecule has 0 bridgehead atoms. The van der Waals surface area contributed by atoms with E-state index in [-0.39, 0.29) is 11.8 Å². The maximum absolute atomic E-state index is 12.9. The first kappa shape index (κ1) is 21.7. The molecule has 0 spiro atoms. The average Bonchev–Trinajstić information content (AvgIpc) is 2.87. The first-order chi connectivity index (χ1) is 16.1. The molecule has 1 saturated carbocycles. The predicted molar refractivity (Wildman–Crippen MR) is 132 cm³/mol. The molecule has 3 aromatic carbocycles. The van der Waals surface area contributed by atoms with Crippen LogP contribution in [0.15, 0.2) is 65.7 Å². The summed E-state index contributed by atoms with van der Waals surface area (Å²) in [4.78, 5) is 18.1. The highest BCUT2D eigenvalue weighted by Crippen LogP contribution is 2.44. The van der Waals surface area contributed by atoms with E-state index in [1.54, 1.807) is 38.5 Å². The van der Waals surface area contributed by atoms with Gasteiger partial charge in [0.05, 0.1) is 26.0 Å². The van der Waals surface area contributed by atoms with Crippen LogP contribution in [0.4, 0.5) is 0 Å². The third-order valence-electron chi connectivity index (χ3n) is 6.76. The zero-order valence-electron chi connectivity index (χ0n) is 18.8. The third kappa shape index (κ3) is 4.04. The molecular formula is C28H26ClNO3. The Morgan fingerprint density at radius 3 is 2.15 bits per heavy atom. The number of carbonyl (C=O) groups excluding carboxylic acids is 1. The molecule has 0 saturated heterocycles.